The van der Waals surface area contributed by atoms with Gasteiger partial charge < -0.3 is 14.9 Å². The summed E-state index contributed by atoms with van der Waals surface area (Å²) in [6.07, 6.45) is 0.323. The third kappa shape index (κ3) is 3.21. The number of piperidine rings is 1. The Morgan fingerprint density at radius 2 is 2.04 bits per heavy atom. The van der Waals surface area contributed by atoms with Gasteiger partial charge in [-0.15, -0.1) is 0 Å². The maximum Gasteiger partial charge on any atom is 0.159 e. The minimum Gasteiger partial charge on any atom is -0.384 e. The van der Waals surface area contributed by atoms with E-state index in [0.29, 0.717) is 41.6 Å². The van der Waals surface area contributed by atoms with Crippen LogP contribution in [0.25, 0.3) is 11.3 Å². The SMILES string of the molecule is Cc1cccc(Cl)c1-c1cc([C@H]2CNCC[C@]2(O)c2ccc(F)c(F)c2)on1. The van der Waals surface area contributed by atoms with Crippen molar-refractivity contribution in [1.29, 1.82) is 0 Å². The first-order valence-corrected chi connectivity index (χ1v) is 9.38. The van der Waals surface area contributed by atoms with Crippen molar-refractivity contribution >= 4 is 11.6 Å². The molecule has 2 aromatic carbocycles. The molecule has 1 fully saturated rings. The number of aryl methyl sites for hydroxylation is 1. The molecule has 1 aliphatic rings. The summed E-state index contributed by atoms with van der Waals surface area (Å²) >= 11 is 6.32. The molecule has 4 nitrogen and oxygen atoms in total. The molecule has 0 unspecified atom stereocenters. The first kappa shape index (κ1) is 19.1. The van der Waals surface area contributed by atoms with Gasteiger partial charge in [0.15, 0.2) is 11.6 Å². The van der Waals surface area contributed by atoms with Crippen molar-refractivity contribution < 1.29 is 18.4 Å². The lowest BCUT2D eigenvalue weighted by Crippen LogP contribution is -2.46. The Morgan fingerprint density at radius 3 is 2.79 bits per heavy atom. The molecular weight excluding hydrogens is 386 g/mol. The molecule has 1 saturated heterocycles. The average Bonchev–Trinajstić information content (AvgIpc) is 3.13. The second-order valence-electron chi connectivity index (χ2n) is 7.11. The van der Waals surface area contributed by atoms with Gasteiger partial charge in [0.1, 0.15) is 17.1 Å². The maximum absolute atomic E-state index is 13.8. The van der Waals surface area contributed by atoms with Crippen LogP contribution in [-0.2, 0) is 5.60 Å². The molecule has 0 saturated carbocycles. The van der Waals surface area contributed by atoms with E-state index in [1.54, 1.807) is 12.1 Å². The fraction of sp³-hybridized carbons (Fsp3) is 0.286. The predicted octanol–water partition coefficient (Wildman–Crippen LogP) is 4.55. The van der Waals surface area contributed by atoms with E-state index in [0.717, 1.165) is 23.3 Å². The molecule has 3 aromatic rings. The van der Waals surface area contributed by atoms with Crippen molar-refractivity contribution in [3.05, 3.63) is 76.0 Å². The fourth-order valence-corrected chi connectivity index (χ4v) is 4.16. The number of halogens is 3. The van der Waals surface area contributed by atoms with Crippen LogP contribution >= 0.6 is 11.6 Å². The number of rotatable bonds is 3. The van der Waals surface area contributed by atoms with E-state index in [2.05, 4.69) is 10.5 Å². The summed E-state index contributed by atoms with van der Waals surface area (Å²) in [5.74, 6) is -2.01. The van der Waals surface area contributed by atoms with Crippen LogP contribution in [0.15, 0.2) is 47.0 Å². The van der Waals surface area contributed by atoms with Crippen LogP contribution < -0.4 is 5.32 Å². The second kappa shape index (κ2) is 7.28. The number of hydrogen-bond donors (Lipinski definition) is 2. The van der Waals surface area contributed by atoms with Gasteiger partial charge in [-0.3, -0.25) is 0 Å². The lowest BCUT2D eigenvalue weighted by molar-refractivity contribution is -0.0233. The van der Waals surface area contributed by atoms with E-state index in [9.17, 15) is 13.9 Å². The Morgan fingerprint density at radius 1 is 1.21 bits per heavy atom. The average molecular weight is 405 g/mol. The third-order valence-corrected chi connectivity index (χ3v) is 5.69. The van der Waals surface area contributed by atoms with Crippen LogP contribution in [0.5, 0.6) is 0 Å². The van der Waals surface area contributed by atoms with Crippen LogP contribution in [0.2, 0.25) is 5.02 Å². The van der Waals surface area contributed by atoms with Gasteiger partial charge in [-0.2, -0.15) is 0 Å². The summed E-state index contributed by atoms with van der Waals surface area (Å²) in [7, 11) is 0. The number of aromatic nitrogens is 1. The topological polar surface area (TPSA) is 58.3 Å². The summed E-state index contributed by atoms with van der Waals surface area (Å²) in [5, 5.41) is 19.3. The summed E-state index contributed by atoms with van der Waals surface area (Å²) in [5.41, 5.74) is 1.18. The molecule has 0 amide bonds. The van der Waals surface area contributed by atoms with Gasteiger partial charge >= 0.3 is 0 Å². The summed E-state index contributed by atoms with van der Waals surface area (Å²) in [6.45, 7) is 2.87. The van der Waals surface area contributed by atoms with Crippen molar-refractivity contribution in [2.24, 2.45) is 0 Å². The van der Waals surface area contributed by atoms with Crippen molar-refractivity contribution in [2.75, 3.05) is 13.1 Å². The summed E-state index contributed by atoms with van der Waals surface area (Å²) in [4.78, 5) is 0. The molecule has 7 heteroatoms. The van der Waals surface area contributed by atoms with E-state index < -0.39 is 23.2 Å². The van der Waals surface area contributed by atoms with E-state index >= 15 is 0 Å². The Balaban J connectivity index is 1.75. The smallest absolute Gasteiger partial charge is 0.159 e. The van der Waals surface area contributed by atoms with Gasteiger partial charge in [-0.1, -0.05) is 35.0 Å². The molecule has 1 aromatic heterocycles. The van der Waals surface area contributed by atoms with Crippen LogP contribution in [0.3, 0.4) is 0 Å². The van der Waals surface area contributed by atoms with Gasteiger partial charge in [-0.05, 0) is 49.2 Å². The number of benzene rings is 2. The Hall–Kier alpha value is -2.28. The molecule has 2 atom stereocenters. The second-order valence-corrected chi connectivity index (χ2v) is 7.51. The highest BCUT2D eigenvalue weighted by molar-refractivity contribution is 6.33. The fourth-order valence-electron chi connectivity index (χ4n) is 3.84. The first-order chi connectivity index (χ1) is 13.4. The monoisotopic (exact) mass is 404 g/mol. The normalized spacial score (nSPS) is 22.4. The Bertz CT molecular complexity index is 1000. The molecule has 0 radical (unpaired) electrons. The molecule has 146 valence electrons. The number of nitrogens with one attached hydrogen (secondary N) is 1. The van der Waals surface area contributed by atoms with Crippen molar-refractivity contribution in [3.8, 4) is 11.3 Å². The van der Waals surface area contributed by atoms with Crippen LogP contribution in [0.1, 0.15) is 29.2 Å². The molecule has 0 aliphatic carbocycles. The Labute approximate surface area is 166 Å². The highest BCUT2D eigenvalue weighted by Crippen LogP contribution is 2.43. The molecule has 4 rings (SSSR count). The largest absolute Gasteiger partial charge is 0.384 e. The van der Waals surface area contributed by atoms with E-state index in [4.69, 9.17) is 16.1 Å². The number of nitrogens with zero attached hydrogens (tertiary/aromatic N) is 1. The van der Waals surface area contributed by atoms with Crippen LogP contribution in [-0.4, -0.2) is 23.4 Å². The van der Waals surface area contributed by atoms with Gasteiger partial charge in [0.25, 0.3) is 0 Å². The van der Waals surface area contributed by atoms with E-state index in [1.165, 1.54) is 6.07 Å². The van der Waals surface area contributed by atoms with Gasteiger partial charge in [-0.25, -0.2) is 8.78 Å². The van der Waals surface area contributed by atoms with Crippen molar-refractivity contribution in [1.82, 2.24) is 10.5 Å². The molecule has 1 aliphatic heterocycles. The predicted molar refractivity (Wildman–Crippen MR) is 102 cm³/mol. The minimum absolute atomic E-state index is 0.310. The van der Waals surface area contributed by atoms with Gasteiger partial charge in [0.2, 0.25) is 0 Å². The lowest BCUT2D eigenvalue weighted by Gasteiger charge is -2.39. The molecule has 2 N–H and O–H groups in total. The summed E-state index contributed by atoms with van der Waals surface area (Å²) < 4.78 is 32.7. The summed E-state index contributed by atoms with van der Waals surface area (Å²) in [6, 6.07) is 10.8. The highest BCUT2D eigenvalue weighted by atomic mass is 35.5. The maximum atomic E-state index is 13.8. The molecule has 2 heterocycles. The van der Waals surface area contributed by atoms with Crippen LogP contribution in [0, 0.1) is 18.6 Å². The Kier molecular flexibility index (Phi) is 4.95. The third-order valence-electron chi connectivity index (χ3n) is 5.38. The van der Waals surface area contributed by atoms with Crippen molar-refractivity contribution in [2.45, 2.75) is 24.9 Å². The zero-order chi connectivity index (χ0) is 19.9. The zero-order valence-corrected chi connectivity index (χ0v) is 15.9. The molecule has 28 heavy (non-hydrogen) atoms. The molecule has 0 spiro atoms. The zero-order valence-electron chi connectivity index (χ0n) is 15.2. The van der Waals surface area contributed by atoms with Gasteiger partial charge in [0.05, 0.1) is 10.9 Å². The highest BCUT2D eigenvalue weighted by Gasteiger charge is 2.44. The number of hydrogen-bond acceptors (Lipinski definition) is 4. The quantitative estimate of drug-likeness (QED) is 0.672. The van der Waals surface area contributed by atoms with Crippen molar-refractivity contribution in [3.63, 3.8) is 0 Å². The van der Waals surface area contributed by atoms with E-state index in [1.807, 2.05) is 19.1 Å². The van der Waals surface area contributed by atoms with E-state index in [-0.39, 0.29) is 0 Å². The lowest BCUT2D eigenvalue weighted by atomic mass is 9.75. The first-order valence-electron chi connectivity index (χ1n) is 9.01. The molecular formula is C21H19ClF2N2O2. The minimum atomic E-state index is -1.41. The standard InChI is InChI=1S/C21H19ClF2N2O2/c1-12-3-2-4-15(22)20(12)18-10-19(28-26-18)14-11-25-8-7-21(14,27)13-5-6-16(23)17(24)9-13/h2-6,9-10,14,25,27H,7-8,11H2,1H3/t14-,21+/m1/s1. The number of aliphatic hydroxyl groups is 1. The van der Waals surface area contributed by atoms with Crippen LogP contribution in [0.4, 0.5) is 8.78 Å². The molecule has 0 bridgehead atoms. The van der Waals surface area contributed by atoms with Gasteiger partial charge in [0, 0.05) is 18.2 Å².